The second-order valence-corrected chi connectivity index (χ2v) is 8.48. The highest BCUT2D eigenvalue weighted by atomic mass is 32.2. The molecular weight excluding hydrogens is 338 g/mol. The molecule has 0 aliphatic heterocycles. The van der Waals surface area contributed by atoms with Crippen LogP contribution < -0.4 is 0 Å². The molecule has 0 saturated heterocycles. The first kappa shape index (κ1) is 17.0. The van der Waals surface area contributed by atoms with Crippen LogP contribution in [0, 0.1) is 10.1 Å². The first-order valence-electron chi connectivity index (χ1n) is 6.47. The molecule has 0 amide bonds. The van der Waals surface area contributed by atoms with Gasteiger partial charge >= 0.3 is 0 Å². The molecule has 0 saturated carbocycles. The quantitative estimate of drug-likeness (QED) is 0.303. The Bertz CT molecular complexity index is 687. The first-order chi connectivity index (χ1) is 10.5. The van der Waals surface area contributed by atoms with E-state index in [1.807, 2.05) is 19.9 Å². The fourth-order valence-electron chi connectivity index (χ4n) is 1.60. The Balaban J connectivity index is 2.02. The van der Waals surface area contributed by atoms with Crippen LogP contribution in [0.5, 0.6) is 0 Å². The molecule has 2 aromatic rings. The maximum atomic E-state index is 10.8. The third-order valence-corrected chi connectivity index (χ3v) is 6.19. The van der Waals surface area contributed by atoms with Gasteiger partial charge in [0.2, 0.25) is 0 Å². The highest BCUT2D eigenvalue weighted by Gasteiger charge is 2.15. The Kier molecular flexibility index (Phi) is 5.98. The lowest BCUT2D eigenvalue weighted by Gasteiger charge is -2.08. The molecule has 1 atom stereocenters. The molecule has 0 N–H and O–H groups in total. The van der Waals surface area contributed by atoms with Crippen LogP contribution in [-0.4, -0.2) is 20.9 Å². The van der Waals surface area contributed by atoms with Crippen LogP contribution in [0.25, 0.3) is 0 Å². The Morgan fingerprint density at radius 3 is 2.86 bits per heavy atom. The van der Waals surface area contributed by atoms with Crippen molar-refractivity contribution in [2.75, 3.05) is 5.75 Å². The van der Waals surface area contributed by atoms with Crippen LogP contribution in [0.4, 0.5) is 5.69 Å². The predicted molar refractivity (Wildman–Crippen MR) is 92.8 cm³/mol. The summed E-state index contributed by atoms with van der Waals surface area (Å²) in [6.45, 7) is 7.85. The standard InChI is InChI=1S/C14H15N3O2S3/c1-9(2)8-20-13-15-16-14(22-13)21-10(3)11-5-4-6-12(7-11)17(18)19/h4-7,10H,1,8H2,2-3H3/t10-/m0/s1. The molecule has 1 aromatic heterocycles. The van der Waals surface area contributed by atoms with Crippen LogP contribution in [0.2, 0.25) is 0 Å². The number of non-ortho nitro benzene ring substituents is 1. The van der Waals surface area contributed by atoms with E-state index < -0.39 is 0 Å². The minimum absolute atomic E-state index is 0.0758. The smallest absolute Gasteiger partial charge is 0.258 e. The Labute approximate surface area is 141 Å². The Morgan fingerprint density at radius 1 is 1.45 bits per heavy atom. The van der Waals surface area contributed by atoms with E-state index in [0.717, 1.165) is 25.6 Å². The molecular formula is C14H15N3O2S3. The largest absolute Gasteiger partial charge is 0.269 e. The maximum absolute atomic E-state index is 10.8. The minimum atomic E-state index is -0.377. The van der Waals surface area contributed by atoms with Gasteiger partial charge in [0, 0.05) is 23.1 Å². The molecule has 0 aliphatic rings. The first-order valence-corrected chi connectivity index (χ1v) is 9.15. The van der Waals surface area contributed by atoms with Gasteiger partial charge in [0.25, 0.3) is 5.69 Å². The Hall–Kier alpha value is -1.38. The monoisotopic (exact) mass is 353 g/mol. The van der Waals surface area contributed by atoms with Crippen molar-refractivity contribution < 1.29 is 4.92 Å². The van der Waals surface area contributed by atoms with E-state index >= 15 is 0 Å². The number of hydrogen-bond donors (Lipinski definition) is 0. The summed E-state index contributed by atoms with van der Waals surface area (Å²) in [7, 11) is 0. The van der Waals surface area contributed by atoms with Crippen molar-refractivity contribution in [3.63, 3.8) is 0 Å². The molecule has 22 heavy (non-hydrogen) atoms. The number of hydrogen-bond acceptors (Lipinski definition) is 7. The molecule has 0 aliphatic carbocycles. The van der Waals surface area contributed by atoms with E-state index in [0.29, 0.717) is 0 Å². The third kappa shape index (κ3) is 4.82. The van der Waals surface area contributed by atoms with E-state index in [2.05, 4.69) is 16.8 Å². The summed E-state index contributed by atoms with van der Waals surface area (Å²) in [6.07, 6.45) is 0. The number of benzene rings is 1. The van der Waals surface area contributed by atoms with Crippen LogP contribution >= 0.6 is 34.9 Å². The highest BCUT2D eigenvalue weighted by molar-refractivity contribution is 8.03. The maximum Gasteiger partial charge on any atom is 0.269 e. The average Bonchev–Trinajstić information content (AvgIpc) is 2.92. The zero-order chi connectivity index (χ0) is 16.1. The molecule has 2 rings (SSSR count). The lowest BCUT2D eigenvalue weighted by atomic mass is 10.1. The highest BCUT2D eigenvalue weighted by Crippen LogP contribution is 2.38. The summed E-state index contributed by atoms with van der Waals surface area (Å²) in [6, 6.07) is 6.70. The van der Waals surface area contributed by atoms with Crippen LogP contribution in [0.1, 0.15) is 24.7 Å². The Morgan fingerprint density at radius 2 is 2.18 bits per heavy atom. The minimum Gasteiger partial charge on any atom is -0.258 e. The molecule has 0 unspecified atom stereocenters. The molecule has 0 fully saturated rings. The lowest BCUT2D eigenvalue weighted by molar-refractivity contribution is -0.384. The van der Waals surface area contributed by atoms with Gasteiger partial charge in [0.15, 0.2) is 8.68 Å². The second kappa shape index (κ2) is 7.75. The van der Waals surface area contributed by atoms with Gasteiger partial charge in [-0.3, -0.25) is 10.1 Å². The molecule has 1 aromatic carbocycles. The van der Waals surface area contributed by atoms with Crippen molar-refractivity contribution in [2.45, 2.75) is 27.8 Å². The number of thioether (sulfide) groups is 2. The van der Waals surface area contributed by atoms with Crippen molar-refractivity contribution in [2.24, 2.45) is 0 Å². The molecule has 1 heterocycles. The van der Waals surface area contributed by atoms with Crippen molar-refractivity contribution in [1.82, 2.24) is 10.2 Å². The van der Waals surface area contributed by atoms with Gasteiger partial charge < -0.3 is 0 Å². The van der Waals surface area contributed by atoms with Crippen LogP contribution in [-0.2, 0) is 0 Å². The van der Waals surface area contributed by atoms with Crippen LogP contribution in [0.15, 0.2) is 45.1 Å². The molecule has 5 nitrogen and oxygen atoms in total. The number of nitro benzene ring substituents is 1. The van der Waals surface area contributed by atoms with Gasteiger partial charge in [-0.1, -0.05) is 59.1 Å². The summed E-state index contributed by atoms with van der Waals surface area (Å²) in [5, 5.41) is 19.2. The molecule has 116 valence electrons. The normalized spacial score (nSPS) is 12.1. The fourth-order valence-corrected chi connectivity index (χ4v) is 4.72. The molecule has 0 spiro atoms. The molecule has 0 bridgehead atoms. The zero-order valence-electron chi connectivity index (χ0n) is 12.2. The second-order valence-electron chi connectivity index (χ2n) is 4.69. The number of nitro groups is 1. The fraction of sp³-hybridized carbons (Fsp3) is 0.286. The van der Waals surface area contributed by atoms with Gasteiger partial charge in [0.05, 0.1) is 4.92 Å². The summed E-state index contributed by atoms with van der Waals surface area (Å²) >= 11 is 4.72. The number of nitrogens with zero attached hydrogens (tertiary/aromatic N) is 3. The van der Waals surface area contributed by atoms with Crippen LogP contribution in [0.3, 0.4) is 0 Å². The summed E-state index contributed by atoms with van der Waals surface area (Å²) in [5.74, 6) is 0.833. The van der Waals surface area contributed by atoms with Gasteiger partial charge in [0.1, 0.15) is 0 Å². The predicted octanol–water partition coefficient (Wildman–Crippen LogP) is 4.97. The van der Waals surface area contributed by atoms with Gasteiger partial charge in [-0.15, -0.1) is 10.2 Å². The number of rotatable bonds is 7. The van der Waals surface area contributed by atoms with Gasteiger partial charge in [-0.05, 0) is 19.4 Å². The van der Waals surface area contributed by atoms with Crippen molar-refractivity contribution in [3.8, 4) is 0 Å². The van der Waals surface area contributed by atoms with Gasteiger partial charge in [-0.2, -0.15) is 0 Å². The summed E-state index contributed by atoms with van der Waals surface area (Å²) in [5.41, 5.74) is 2.12. The number of aromatic nitrogens is 2. The zero-order valence-corrected chi connectivity index (χ0v) is 14.6. The van der Waals surface area contributed by atoms with Gasteiger partial charge in [-0.25, -0.2) is 0 Å². The topological polar surface area (TPSA) is 68.9 Å². The van der Waals surface area contributed by atoms with E-state index in [-0.39, 0.29) is 15.9 Å². The summed E-state index contributed by atoms with van der Waals surface area (Å²) in [4.78, 5) is 10.5. The third-order valence-electron chi connectivity index (χ3n) is 2.66. The average molecular weight is 353 g/mol. The lowest BCUT2D eigenvalue weighted by Crippen LogP contribution is -1.92. The SMILES string of the molecule is C=C(C)CSc1nnc(S[C@@H](C)c2cccc([N+](=O)[O-])c2)s1. The van der Waals surface area contributed by atoms with Crippen molar-refractivity contribution in [1.29, 1.82) is 0 Å². The summed E-state index contributed by atoms with van der Waals surface area (Å²) < 4.78 is 1.78. The van der Waals surface area contributed by atoms with E-state index in [4.69, 9.17) is 0 Å². The van der Waals surface area contributed by atoms with Crippen molar-refractivity contribution in [3.05, 3.63) is 52.1 Å². The van der Waals surface area contributed by atoms with E-state index in [1.165, 1.54) is 17.4 Å². The van der Waals surface area contributed by atoms with E-state index in [1.54, 1.807) is 35.7 Å². The molecule has 0 radical (unpaired) electrons. The molecule has 8 heteroatoms. The van der Waals surface area contributed by atoms with Crippen molar-refractivity contribution >= 4 is 40.5 Å². The van der Waals surface area contributed by atoms with E-state index in [9.17, 15) is 10.1 Å².